The summed E-state index contributed by atoms with van der Waals surface area (Å²) in [6.45, 7) is 4.20. The first kappa shape index (κ1) is 14.6. The van der Waals surface area contributed by atoms with Gasteiger partial charge in [0.2, 0.25) is 5.16 Å². The van der Waals surface area contributed by atoms with Crippen LogP contribution in [0.4, 0.5) is 0 Å². The van der Waals surface area contributed by atoms with E-state index in [-0.39, 0.29) is 0 Å². The van der Waals surface area contributed by atoms with Crippen LogP contribution in [0.5, 0.6) is 0 Å². The maximum Gasteiger partial charge on any atom is 0.208 e. The molecule has 0 atom stereocenters. The van der Waals surface area contributed by atoms with Crippen LogP contribution in [0.15, 0.2) is 5.16 Å². The van der Waals surface area contributed by atoms with Crippen LogP contribution in [0.3, 0.4) is 0 Å². The standard InChI is InChI=1S/C13H25N3S/c1-3-4-5-6-7-8-9-10-11-17-13-14-12(2)15-16-13/h3-11H2,1-2H3,(H,14,15,16). The molecule has 1 heterocycles. The van der Waals surface area contributed by atoms with Crippen molar-refractivity contribution in [3.8, 4) is 0 Å². The Kier molecular flexibility index (Phi) is 8.14. The Bertz CT molecular complexity index is 286. The fourth-order valence-electron chi connectivity index (χ4n) is 1.79. The highest BCUT2D eigenvalue weighted by atomic mass is 32.2. The second kappa shape index (κ2) is 9.51. The Morgan fingerprint density at radius 3 is 2.24 bits per heavy atom. The Morgan fingerprint density at radius 2 is 1.65 bits per heavy atom. The van der Waals surface area contributed by atoms with Crippen molar-refractivity contribution < 1.29 is 0 Å². The van der Waals surface area contributed by atoms with Crippen molar-refractivity contribution in [1.29, 1.82) is 0 Å². The number of rotatable bonds is 10. The molecule has 1 aromatic rings. The van der Waals surface area contributed by atoms with Crippen molar-refractivity contribution in [3.05, 3.63) is 5.82 Å². The first-order chi connectivity index (χ1) is 8.33. The van der Waals surface area contributed by atoms with Gasteiger partial charge in [-0.2, -0.15) is 0 Å². The van der Waals surface area contributed by atoms with Gasteiger partial charge >= 0.3 is 0 Å². The second-order valence-electron chi connectivity index (χ2n) is 4.53. The quantitative estimate of drug-likeness (QED) is 0.499. The van der Waals surface area contributed by atoms with Gasteiger partial charge in [0.25, 0.3) is 0 Å². The number of aromatic amines is 1. The largest absolute Gasteiger partial charge is 0.262 e. The molecule has 4 heteroatoms. The van der Waals surface area contributed by atoms with Crippen LogP contribution >= 0.6 is 11.8 Å². The van der Waals surface area contributed by atoms with Gasteiger partial charge in [0.1, 0.15) is 5.82 Å². The lowest BCUT2D eigenvalue weighted by Crippen LogP contribution is -1.84. The molecule has 0 spiro atoms. The van der Waals surface area contributed by atoms with E-state index in [1.54, 1.807) is 11.8 Å². The number of H-pyrrole nitrogens is 1. The highest BCUT2D eigenvalue weighted by molar-refractivity contribution is 7.99. The number of thioether (sulfide) groups is 1. The molecule has 0 radical (unpaired) electrons. The molecule has 0 saturated heterocycles. The summed E-state index contributed by atoms with van der Waals surface area (Å²) in [6.07, 6.45) is 11.0. The van der Waals surface area contributed by atoms with E-state index >= 15 is 0 Å². The van der Waals surface area contributed by atoms with E-state index in [1.807, 2.05) is 6.92 Å². The van der Waals surface area contributed by atoms with E-state index in [0.29, 0.717) is 0 Å². The van der Waals surface area contributed by atoms with Gasteiger partial charge in [0, 0.05) is 5.75 Å². The molecule has 1 N–H and O–H groups in total. The van der Waals surface area contributed by atoms with Crippen molar-refractivity contribution in [3.63, 3.8) is 0 Å². The van der Waals surface area contributed by atoms with E-state index in [2.05, 4.69) is 22.1 Å². The van der Waals surface area contributed by atoms with Crippen LogP contribution in [-0.2, 0) is 0 Å². The highest BCUT2D eigenvalue weighted by Crippen LogP contribution is 2.15. The van der Waals surface area contributed by atoms with Crippen LogP contribution in [0.2, 0.25) is 0 Å². The molecule has 1 aromatic heterocycles. The Labute approximate surface area is 109 Å². The smallest absolute Gasteiger partial charge is 0.208 e. The molecule has 0 aliphatic carbocycles. The van der Waals surface area contributed by atoms with Gasteiger partial charge in [0.05, 0.1) is 0 Å². The molecule has 3 nitrogen and oxygen atoms in total. The third-order valence-corrected chi connectivity index (χ3v) is 3.74. The van der Waals surface area contributed by atoms with Crippen molar-refractivity contribution >= 4 is 11.8 Å². The average Bonchev–Trinajstić information content (AvgIpc) is 2.73. The molecule has 98 valence electrons. The molecule has 0 saturated carbocycles. The molecule has 0 aliphatic heterocycles. The minimum Gasteiger partial charge on any atom is -0.262 e. The summed E-state index contributed by atoms with van der Waals surface area (Å²) in [6, 6.07) is 0. The van der Waals surface area contributed by atoms with E-state index in [9.17, 15) is 0 Å². The number of nitrogens with one attached hydrogen (secondary N) is 1. The molecule has 0 aliphatic rings. The van der Waals surface area contributed by atoms with Gasteiger partial charge in [-0.15, -0.1) is 5.10 Å². The first-order valence-electron chi connectivity index (χ1n) is 6.84. The summed E-state index contributed by atoms with van der Waals surface area (Å²) in [5.74, 6) is 2.05. The summed E-state index contributed by atoms with van der Waals surface area (Å²) in [7, 11) is 0. The van der Waals surface area contributed by atoms with Gasteiger partial charge < -0.3 is 0 Å². The van der Waals surface area contributed by atoms with E-state index in [4.69, 9.17) is 0 Å². The minimum absolute atomic E-state index is 0.894. The monoisotopic (exact) mass is 255 g/mol. The van der Waals surface area contributed by atoms with Gasteiger partial charge in [-0.05, 0) is 13.3 Å². The maximum atomic E-state index is 4.27. The Balaban J connectivity index is 1.84. The number of aryl methyl sites for hydroxylation is 1. The number of hydrogen-bond donors (Lipinski definition) is 1. The molecular weight excluding hydrogens is 230 g/mol. The highest BCUT2D eigenvalue weighted by Gasteiger charge is 1.99. The fourth-order valence-corrected chi connectivity index (χ4v) is 2.63. The second-order valence-corrected chi connectivity index (χ2v) is 5.59. The topological polar surface area (TPSA) is 41.6 Å². The molecule has 1 rings (SSSR count). The summed E-state index contributed by atoms with van der Waals surface area (Å²) in [4.78, 5) is 4.27. The SMILES string of the molecule is CCCCCCCCCCSc1n[nH]c(C)n1. The van der Waals surface area contributed by atoms with E-state index < -0.39 is 0 Å². The summed E-state index contributed by atoms with van der Waals surface area (Å²) >= 11 is 1.76. The number of aromatic nitrogens is 3. The van der Waals surface area contributed by atoms with Gasteiger partial charge in [-0.3, -0.25) is 5.10 Å². The average molecular weight is 255 g/mol. The van der Waals surface area contributed by atoms with Crippen LogP contribution < -0.4 is 0 Å². The van der Waals surface area contributed by atoms with E-state index in [0.717, 1.165) is 16.7 Å². The summed E-state index contributed by atoms with van der Waals surface area (Å²) in [5, 5.41) is 7.87. The zero-order valence-electron chi connectivity index (χ0n) is 11.2. The van der Waals surface area contributed by atoms with Gasteiger partial charge in [0.15, 0.2) is 0 Å². The zero-order valence-corrected chi connectivity index (χ0v) is 12.0. The summed E-state index contributed by atoms with van der Waals surface area (Å²) in [5.41, 5.74) is 0. The van der Waals surface area contributed by atoms with Crippen molar-refractivity contribution in [2.45, 2.75) is 70.4 Å². The van der Waals surface area contributed by atoms with E-state index in [1.165, 1.54) is 51.4 Å². The van der Waals surface area contributed by atoms with Crippen molar-refractivity contribution in [2.75, 3.05) is 5.75 Å². The van der Waals surface area contributed by atoms with Crippen molar-refractivity contribution in [1.82, 2.24) is 15.2 Å². The van der Waals surface area contributed by atoms with Crippen LogP contribution in [0, 0.1) is 6.92 Å². The van der Waals surface area contributed by atoms with Crippen molar-refractivity contribution in [2.24, 2.45) is 0 Å². The normalized spacial score (nSPS) is 10.9. The van der Waals surface area contributed by atoms with Crippen LogP contribution in [0.25, 0.3) is 0 Å². The van der Waals surface area contributed by atoms with Crippen LogP contribution in [-0.4, -0.2) is 20.9 Å². The third-order valence-electron chi connectivity index (χ3n) is 2.81. The molecule has 0 bridgehead atoms. The predicted octanol–water partition coefficient (Wildman–Crippen LogP) is 4.35. The molecular formula is C13H25N3S. The number of unbranched alkanes of at least 4 members (excludes halogenated alkanes) is 7. The maximum absolute atomic E-state index is 4.27. The lowest BCUT2D eigenvalue weighted by Gasteiger charge is -2.00. The fraction of sp³-hybridized carbons (Fsp3) is 0.846. The van der Waals surface area contributed by atoms with Gasteiger partial charge in [-0.25, -0.2) is 4.98 Å². The van der Waals surface area contributed by atoms with Gasteiger partial charge in [-0.1, -0.05) is 63.6 Å². The Hall–Kier alpha value is -0.510. The minimum atomic E-state index is 0.894. The molecule has 0 unspecified atom stereocenters. The number of hydrogen-bond acceptors (Lipinski definition) is 3. The molecule has 0 fully saturated rings. The zero-order chi connectivity index (χ0) is 12.3. The number of nitrogens with zero attached hydrogens (tertiary/aromatic N) is 2. The first-order valence-corrected chi connectivity index (χ1v) is 7.83. The Morgan fingerprint density at radius 1 is 1.00 bits per heavy atom. The lowest BCUT2D eigenvalue weighted by molar-refractivity contribution is 0.586. The molecule has 0 amide bonds. The molecule has 0 aromatic carbocycles. The third kappa shape index (κ3) is 7.42. The lowest BCUT2D eigenvalue weighted by atomic mass is 10.1. The summed E-state index contributed by atoms with van der Waals surface area (Å²) < 4.78 is 0. The predicted molar refractivity (Wildman–Crippen MR) is 74.5 cm³/mol. The van der Waals surface area contributed by atoms with Crippen LogP contribution in [0.1, 0.15) is 64.1 Å². The molecule has 17 heavy (non-hydrogen) atoms.